The number of hydrogen-bond acceptors (Lipinski definition) is 2. The molecule has 104 valence electrons. The summed E-state index contributed by atoms with van der Waals surface area (Å²) < 4.78 is 1.59. The number of aryl methyl sites for hydroxylation is 1. The number of imidazole rings is 1. The van der Waals surface area contributed by atoms with Crippen LogP contribution in [0.3, 0.4) is 0 Å². The van der Waals surface area contributed by atoms with Crippen LogP contribution in [0.2, 0.25) is 0 Å². The van der Waals surface area contributed by atoms with Crippen LogP contribution in [0.5, 0.6) is 0 Å². The monoisotopic (exact) mass is 262 g/mol. The number of fused-ring (bicyclic) bond motifs is 3. The summed E-state index contributed by atoms with van der Waals surface area (Å²) in [6.07, 6.45) is 4.73. The molecule has 0 saturated carbocycles. The van der Waals surface area contributed by atoms with Crippen molar-refractivity contribution in [3.05, 3.63) is 28.9 Å². The molecule has 0 atom stereocenters. The SMILES string of the molecule is CC.CCC.Cn1c(=O)[nH]c2cnc3[nH]ccc3c21. The van der Waals surface area contributed by atoms with Crippen LogP contribution < -0.4 is 5.69 Å². The third-order valence-electron chi connectivity index (χ3n) is 2.44. The summed E-state index contributed by atoms with van der Waals surface area (Å²) in [6, 6.07) is 1.91. The summed E-state index contributed by atoms with van der Waals surface area (Å²) in [5.41, 5.74) is 2.34. The van der Waals surface area contributed by atoms with E-state index >= 15 is 0 Å². The standard InChI is InChI=1S/C9H8N4O.C3H8.C2H6/c1-13-7-5-2-3-10-8(5)11-4-6(7)12-9(13)14;1-3-2;1-2/h2-4H,1H3,(H,10,11)(H,12,14);3H2,1-2H3;1-2H3. The minimum Gasteiger partial charge on any atom is -0.346 e. The fourth-order valence-electron chi connectivity index (χ4n) is 1.75. The lowest BCUT2D eigenvalue weighted by molar-refractivity contribution is 0.894. The summed E-state index contributed by atoms with van der Waals surface area (Å²) in [6.45, 7) is 8.25. The fourth-order valence-corrected chi connectivity index (χ4v) is 1.75. The highest BCUT2D eigenvalue weighted by Crippen LogP contribution is 2.19. The van der Waals surface area contributed by atoms with E-state index in [0.29, 0.717) is 0 Å². The topological polar surface area (TPSA) is 66.5 Å². The number of nitrogens with zero attached hydrogens (tertiary/aromatic N) is 2. The van der Waals surface area contributed by atoms with Crippen LogP contribution >= 0.6 is 0 Å². The van der Waals surface area contributed by atoms with Crippen LogP contribution in [0.1, 0.15) is 34.1 Å². The third-order valence-corrected chi connectivity index (χ3v) is 2.44. The summed E-state index contributed by atoms with van der Waals surface area (Å²) in [4.78, 5) is 21.3. The van der Waals surface area contributed by atoms with Crippen molar-refractivity contribution in [2.24, 2.45) is 7.05 Å². The van der Waals surface area contributed by atoms with Crippen molar-refractivity contribution in [1.82, 2.24) is 19.5 Å². The summed E-state index contributed by atoms with van der Waals surface area (Å²) in [5, 5.41) is 0.961. The van der Waals surface area contributed by atoms with Crippen molar-refractivity contribution in [2.75, 3.05) is 0 Å². The van der Waals surface area contributed by atoms with Crippen LogP contribution in [0.15, 0.2) is 23.3 Å². The second-order valence-electron chi connectivity index (χ2n) is 3.96. The first-order chi connectivity index (χ1) is 9.19. The molecule has 0 radical (unpaired) electrons. The molecule has 3 aromatic rings. The second-order valence-corrected chi connectivity index (χ2v) is 3.96. The van der Waals surface area contributed by atoms with Crippen molar-refractivity contribution in [1.29, 1.82) is 0 Å². The Kier molecular flexibility index (Phi) is 5.36. The summed E-state index contributed by atoms with van der Waals surface area (Å²) in [5.74, 6) is 0. The van der Waals surface area contributed by atoms with Crippen LogP contribution in [-0.4, -0.2) is 19.5 Å². The molecular formula is C14H22N4O. The number of rotatable bonds is 0. The van der Waals surface area contributed by atoms with Gasteiger partial charge in [-0.05, 0) is 6.07 Å². The zero-order chi connectivity index (χ0) is 14.4. The molecule has 0 fully saturated rings. The quantitative estimate of drug-likeness (QED) is 0.653. The molecule has 3 aromatic heterocycles. The van der Waals surface area contributed by atoms with Crippen molar-refractivity contribution in [2.45, 2.75) is 34.1 Å². The highest BCUT2D eigenvalue weighted by atomic mass is 16.1. The van der Waals surface area contributed by atoms with Crippen LogP contribution in [0.25, 0.3) is 22.1 Å². The smallest absolute Gasteiger partial charge is 0.326 e. The first-order valence-electron chi connectivity index (χ1n) is 6.69. The zero-order valence-electron chi connectivity index (χ0n) is 12.2. The fraction of sp³-hybridized carbons (Fsp3) is 0.429. The normalized spacial score (nSPS) is 9.74. The van der Waals surface area contributed by atoms with E-state index in [9.17, 15) is 4.79 Å². The van der Waals surface area contributed by atoms with E-state index in [4.69, 9.17) is 0 Å². The van der Waals surface area contributed by atoms with Crippen molar-refractivity contribution in [3.8, 4) is 0 Å². The molecule has 0 aliphatic heterocycles. The molecule has 0 unspecified atom stereocenters. The van der Waals surface area contributed by atoms with Gasteiger partial charge in [0.1, 0.15) is 5.65 Å². The molecule has 19 heavy (non-hydrogen) atoms. The second kappa shape index (κ2) is 6.78. The summed E-state index contributed by atoms with van der Waals surface area (Å²) >= 11 is 0. The van der Waals surface area contributed by atoms with Crippen LogP contribution in [0.4, 0.5) is 0 Å². The average Bonchev–Trinajstić information content (AvgIpc) is 2.98. The first kappa shape index (κ1) is 15.0. The van der Waals surface area contributed by atoms with Crippen molar-refractivity contribution < 1.29 is 0 Å². The molecule has 3 heterocycles. The van der Waals surface area contributed by atoms with Gasteiger partial charge in [0.15, 0.2) is 0 Å². The molecule has 0 spiro atoms. The molecule has 0 aromatic carbocycles. The predicted octanol–water partition coefficient (Wildman–Crippen LogP) is 3.19. The number of H-pyrrole nitrogens is 2. The Balaban J connectivity index is 0.000000321. The van der Waals surface area contributed by atoms with E-state index in [2.05, 4.69) is 28.8 Å². The van der Waals surface area contributed by atoms with Gasteiger partial charge in [0.2, 0.25) is 0 Å². The Hall–Kier alpha value is -2.04. The molecule has 0 aliphatic carbocycles. The van der Waals surface area contributed by atoms with Crippen molar-refractivity contribution >= 4 is 22.1 Å². The first-order valence-corrected chi connectivity index (χ1v) is 6.69. The molecule has 3 rings (SSSR count). The third kappa shape index (κ3) is 2.86. The van der Waals surface area contributed by atoms with E-state index in [1.165, 1.54) is 6.42 Å². The molecule has 0 aliphatic rings. The maximum absolute atomic E-state index is 11.4. The van der Waals surface area contributed by atoms with Gasteiger partial charge in [-0.25, -0.2) is 9.78 Å². The molecule has 5 heteroatoms. The maximum Gasteiger partial charge on any atom is 0.326 e. The average molecular weight is 262 g/mol. The number of pyridine rings is 1. The predicted molar refractivity (Wildman–Crippen MR) is 80.5 cm³/mol. The lowest BCUT2D eigenvalue weighted by atomic mass is 10.3. The van der Waals surface area contributed by atoms with Gasteiger partial charge in [-0.15, -0.1) is 0 Å². The number of hydrogen-bond donors (Lipinski definition) is 2. The van der Waals surface area contributed by atoms with Crippen LogP contribution in [-0.2, 0) is 7.05 Å². The van der Waals surface area contributed by atoms with Gasteiger partial charge in [0, 0.05) is 18.6 Å². The highest BCUT2D eigenvalue weighted by Gasteiger charge is 2.08. The van der Waals surface area contributed by atoms with E-state index in [1.54, 1.807) is 17.8 Å². The lowest BCUT2D eigenvalue weighted by Gasteiger charge is -1.94. The van der Waals surface area contributed by atoms with Crippen molar-refractivity contribution in [3.63, 3.8) is 0 Å². The Morgan fingerprint density at radius 1 is 1.32 bits per heavy atom. The van der Waals surface area contributed by atoms with Crippen LogP contribution in [0, 0.1) is 0 Å². The summed E-state index contributed by atoms with van der Waals surface area (Å²) in [7, 11) is 1.74. The molecular weight excluding hydrogens is 240 g/mol. The lowest BCUT2D eigenvalue weighted by Crippen LogP contribution is -2.11. The Morgan fingerprint density at radius 3 is 2.58 bits per heavy atom. The van der Waals surface area contributed by atoms with E-state index in [-0.39, 0.29) is 5.69 Å². The van der Waals surface area contributed by atoms with Gasteiger partial charge >= 0.3 is 5.69 Å². The van der Waals surface area contributed by atoms with Gasteiger partial charge in [-0.1, -0.05) is 34.1 Å². The van der Waals surface area contributed by atoms with Gasteiger partial charge in [-0.2, -0.15) is 0 Å². The Bertz CT molecular complexity index is 690. The van der Waals surface area contributed by atoms with Gasteiger partial charge in [-0.3, -0.25) is 4.57 Å². The molecule has 2 N–H and O–H groups in total. The minimum absolute atomic E-state index is 0.115. The Morgan fingerprint density at radius 2 is 1.95 bits per heavy atom. The van der Waals surface area contributed by atoms with Gasteiger partial charge in [0.05, 0.1) is 17.2 Å². The van der Waals surface area contributed by atoms with E-state index in [1.807, 2.05) is 26.1 Å². The number of aromatic nitrogens is 4. The molecule has 0 saturated heterocycles. The van der Waals surface area contributed by atoms with E-state index in [0.717, 1.165) is 22.1 Å². The minimum atomic E-state index is -0.115. The maximum atomic E-state index is 11.4. The zero-order valence-corrected chi connectivity index (χ0v) is 12.2. The highest BCUT2D eigenvalue weighted by molar-refractivity contribution is 6.00. The largest absolute Gasteiger partial charge is 0.346 e. The van der Waals surface area contributed by atoms with Gasteiger partial charge in [0.25, 0.3) is 0 Å². The molecule has 5 nitrogen and oxygen atoms in total. The van der Waals surface area contributed by atoms with Gasteiger partial charge < -0.3 is 9.97 Å². The number of nitrogens with one attached hydrogen (secondary N) is 2. The number of aromatic amines is 2. The van der Waals surface area contributed by atoms with E-state index < -0.39 is 0 Å². The Labute approximate surface area is 112 Å². The molecule has 0 bridgehead atoms. The molecule has 0 amide bonds.